The highest BCUT2D eigenvalue weighted by molar-refractivity contribution is 5.84. The Balaban J connectivity index is 2.74. The molecule has 0 radical (unpaired) electrons. The van der Waals surface area contributed by atoms with Gasteiger partial charge in [0, 0.05) is 5.92 Å². The standard InChI is InChI=1S/C15H18F3NO3/c1-3-11(13(20)19-9(2)14(21)22)8-10-4-6-12(7-5-10)15(16,17)18/h4-7,9,11H,3,8H2,1-2H3,(H,19,20)(H,21,22)/t9-,11?/m0/s1. The van der Waals surface area contributed by atoms with Crippen LogP contribution in [0.4, 0.5) is 13.2 Å². The number of hydrogen-bond donors (Lipinski definition) is 2. The molecule has 1 rings (SSSR count). The summed E-state index contributed by atoms with van der Waals surface area (Å²) < 4.78 is 37.4. The molecule has 0 spiro atoms. The first kappa shape index (κ1) is 18.0. The van der Waals surface area contributed by atoms with Crippen molar-refractivity contribution in [3.8, 4) is 0 Å². The quantitative estimate of drug-likeness (QED) is 0.848. The molecule has 7 heteroatoms. The van der Waals surface area contributed by atoms with Gasteiger partial charge in [-0.25, -0.2) is 0 Å². The number of hydrogen-bond acceptors (Lipinski definition) is 2. The Labute approximate surface area is 126 Å². The van der Waals surface area contributed by atoms with Crippen molar-refractivity contribution in [1.29, 1.82) is 0 Å². The van der Waals surface area contributed by atoms with Crippen molar-refractivity contribution in [3.63, 3.8) is 0 Å². The van der Waals surface area contributed by atoms with Crippen molar-refractivity contribution in [2.24, 2.45) is 5.92 Å². The molecule has 2 N–H and O–H groups in total. The molecule has 0 aromatic heterocycles. The van der Waals surface area contributed by atoms with Crippen LogP contribution < -0.4 is 5.32 Å². The average Bonchev–Trinajstić information content (AvgIpc) is 2.43. The van der Waals surface area contributed by atoms with Crippen LogP contribution in [0.25, 0.3) is 0 Å². The van der Waals surface area contributed by atoms with Crippen LogP contribution in [0.15, 0.2) is 24.3 Å². The van der Waals surface area contributed by atoms with Crippen LogP contribution in [0, 0.1) is 5.92 Å². The summed E-state index contributed by atoms with van der Waals surface area (Å²) in [6.07, 6.45) is -3.68. The number of aliphatic carboxylic acids is 1. The number of alkyl halides is 3. The number of carbonyl (C=O) groups is 2. The van der Waals surface area contributed by atoms with Crippen molar-refractivity contribution < 1.29 is 27.9 Å². The van der Waals surface area contributed by atoms with Crippen LogP contribution in [0.3, 0.4) is 0 Å². The van der Waals surface area contributed by atoms with Gasteiger partial charge in [-0.2, -0.15) is 13.2 Å². The highest BCUT2D eigenvalue weighted by Gasteiger charge is 2.30. The third-order valence-corrected chi connectivity index (χ3v) is 3.36. The van der Waals surface area contributed by atoms with Crippen molar-refractivity contribution >= 4 is 11.9 Å². The second-order valence-corrected chi connectivity index (χ2v) is 5.07. The maximum Gasteiger partial charge on any atom is 0.416 e. The largest absolute Gasteiger partial charge is 0.480 e. The summed E-state index contributed by atoms with van der Waals surface area (Å²) in [6.45, 7) is 3.12. The van der Waals surface area contributed by atoms with E-state index < -0.39 is 35.6 Å². The van der Waals surface area contributed by atoms with E-state index in [0.29, 0.717) is 12.0 Å². The van der Waals surface area contributed by atoms with Gasteiger partial charge in [0.15, 0.2) is 0 Å². The number of rotatable bonds is 6. The zero-order chi connectivity index (χ0) is 16.9. The van der Waals surface area contributed by atoms with Gasteiger partial charge in [0.05, 0.1) is 5.56 Å². The summed E-state index contributed by atoms with van der Waals surface area (Å²) in [6, 6.07) is 3.60. The fourth-order valence-corrected chi connectivity index (χ4v) is 1.93. The monoisotopic (exact) mass is 317 g/mol. The van der Waals surface area contributed by atoms with E-state index >= 15 is 0 Å². The molecule has 1 unspecified atom stereocenters. The van der Waals surface area contributed by atoms with Gasteiger partial charge < -0.3 is 10.4 Å². The normalized spacial score (nSPS) is 14.2. The Bertz CT molecular complexity index is 526. The lowest BCUT2D eigenvalue weighted by Crippen LogP contribution is -2.42. The number of halogens is 3. The fraction of sp³-hybridized carbons (Fsp3) is 0.467. The van der Waals surface area contributed by atoms with E-state index in [2.05, 4.69) is 5.32 Å². The maximum absolute atomic E-state index is 12.5. The lowest BCUT2D eigenvalue weighted by Gasteiger charge is -2.17. The molecular weight excluding hydrogens is 299 g/mol. The summed E-state index contributed by atoms with van der Waals surface area (Å²) in [5.74, 6) is -2.05. The SMILES string of the molecule is CCC(Cc1ccc(C(F)(F)F)cc1)C(=O)N[C@@H](C)C(=O)O. The lowest BCUT2D eigenvalue weighted by molar-refractivity contribution is -0.142. The molecule has 1 amide bonds. The number of benzene rings is 1. The first-order valence-electron chi connectivity index (χ1n) is 6.84. The molecule has 1 aromatic carbocycles. The Morgan fingerprint density at radius 1 is 1.23 bits per heavy atom. The Morgan fingerprint density at radius 2 is 1.77 bits per heavy atom. The third-order valence-electron chi connectivity index (χ3n) is 3.36. The molecule has 22 heavy (non-hydrogen) atoms. The molecule has 2 atom stereocenters. The van der Waals surface area contributed by atoms with E-state index in [0.717, 1.165) is 12.1 Å². The summed E-state index contributed by atoms with van der Waals surface area (Å²) in [5, 5.41) is 11.1. The molecule has 0 saturated carbocycles. The van der Waals surface area contributed by atoms with Crippen LogP contribution in [0.2, 0.25) is 0 Å². The second-order valence-electron chi connectivity index (χ2n) is 5.07. The summed E-state index contributed by atoms with van der Waals surface area (Å²) >= 11 is 0. The number of nitrogens with one attached hydrogen (secondary N) is 1. The van der Waals surface area contributed by atoms with Crippen molar-refractivity contribution in [3.05, 3.63) is 35.4 Å². The predicted octanol–water partition coefficient (Wildman–Crippen LogP) is 2.86. The Kier molecular flexibility index (Phi) is 5.96. The van der Waals surface area contributed by atoms with Gasteiger partial charge in [0.25, 0.3) is 0 Å². The number of carboxylic acid groups (broad SMARTS) is 1. The number of amides is 1. The topological polar surface area (TPSA) is 66.4 Å². The van der Waals surface area contributed by atoms with Gasteiger partial charge >= 0.3 is 12.1 Å². The lowest BCUT2D eigenvalue weighted by atomic mass is 9.95. The van der Waals surface area contributed by atoms with Crippen molar-refractivity contribution in [1.82, 2.24) is 5.32 Å². The molecule has 0 aliphatic carbocycles. The van der Waals surface area contributed by atoms with Crippen molar-refractivity contribution in [2.45, 2.75) is 38.9 Å². The zero-order valence-electron chi connectivity index (χ0n) is 12.3. The molecule has 0 fully saturated rings. The first-order chi connectivity index (χ1) is 10.1. The van der Waals surface area contributed by atoms with E-state index in [1.807, 2.05) is 0 Å². The molecule has 0 aliphatic heterocycles. The van der Waals surface area contributed by atoms with E-state index in [4.69, 9.17) is 5.11 Å². The smallest absolute Gasteiger partial charge is 0.416 e. The number of carboxylic acids is 1. The van der Waals surface area contributed by atoms with Gasteiger partial charge in [-0.15, -0.1) is 0 Å². The first-order valence-corrected chi connectivity index (χ1v) is 6.84. The van der Waals surface area contributed by atoms with Crippen molar-refractivity contribution in [2.75, 3.05) is 0 Å². The van der Waals surface area contributed by atoms with E-state index in [9.17, 15) is 22.8 Å². The van der Waals surface area contributed by atoms with Crippen LogP contribution >= 0.6 is 0 Å². The molecule has 1 aromatic rings. The van der Waals surface area contributed by atoms with Crippen LogP contribution in [-0.2, 0) is 22.2 Å². The third kappa shape index (κ3) is 5.05. The van der Waals surface area contributed by atoms with Gasteiger partial charge in [-0.05, 0) is 37.5 Å². The predicted molar refractivity (Wildman–Crippen MR) is 74.2 cm³/mol. The average molecular weight is 317 g/mol. The van der Waals surface area contributed by atoms with E-state index in [1.165, 1.54) is 19.1 Å². The molecule has 0 aliphatic rings. The van der Waals surface area contributed by atoms with Gasteiger partial charge in [0.1, 0.15) is 6.04 Å². The summed E-state index contributed by atoms with van der Waals surface area (Å²) in [4.78, 5) is 22.7. The minimum Gasteiger partial charge on any atom is -0.480 e. The highest BCUT2D eigenvalue weighted by Crippen LogP contribution is 2.29. The number of carbonyl (C=O) groups excluding carboxylic acids is 1. The van der Waals surface area contributed by atoms with Crippen LogP contribution in [-0.4, -0.2) is 23.0 Å². The minimum atomic E-state index is -4.39. The van der Waals surface area contributed by atoms with Gasteiger partial charge in [0.2, 0.25) is 5.91 Å². The molecule has 0 bridgehead atoms. The summed E-state index contributed by atoms with van der Waals surface area (Å²) in [5.41, 5.74) is -0.147. The van der Waals surface area contributed by atoms with E-state index in [1.54, 1.807) is 6.92 Å². The maximum atomic E-state index is 12.5. The zero-order valence-corrected chi connectivity index (χ0v) is 12.3. The molecule has 122 valence electrons. The Hall–Kier alpha value is -2.05. The van der Waals surface area contributed by atoms with E-state index in [-0.39, 0.29) is 6.42 Å². The van der Waals surface area contributed by atoms with Gasteiger partial charge in [-0.1, -0.05) is 19.1 Å². The molecular formula is C15H18F3NO3. The fourth-order valence-electron chi connectivity index (χ4n) is 1.93. The molecule has 0 saturated heterocycles. The minimum absolute atomic E-state index is 0.257. The van der Waals surface area contributed by atoms with Crippen LogP contribution in [0.5, 0.6) is 0 Å². The second kappa shape index (κ2) is 7.29. The van der Waals surface area contributed by atoms with Crippen LogP contribution in [0.1, 0.15) is 31.4 Å². The molecule has 4 nitrogen and oxygen atoms in total. The Morgan fingerprint density at radius 3 is 2.18 bits per heavy atom. The summed E-state index contributed by atoms with van der Waals surface area (Å²) in [7, 11) is 0. The van der Waals surface area contributed by atoms with Gasteiger partial charge in [-0.3, -0.25) is 9.59 Å². The molecule has 0 heterocycles. The highest BCUT2D eigenvalue weighted by atomic mass is 19.4.